The van der Waals surface area contributed by atoms with Crippen LogP contribution in [0.4, 0.5) is 19.0 Å². The highest BCUT2D eigenvalue weighted by Crippen LogP contribution is 2.33. The van der Waals surface area contributed by atoms with Gasteiger partial charge in [0.25, 0.3) is 0 Å². The largest absolute Gasteiger partial charge is 0.405 e. The molecule has 140 valence electrons. The normalized spacial score (nSPS) is 19.0. The summed E-state index contributed by atoms with van der Waals surface area (Å²) in [5.74, 6) is 0.0537. The van der Waals surface area contributed by atoms with E-state index < -0.39 is 24.2 Å². The van der Waals surface area contributed by atoms with Crippen LogP contribution in [0.5, 0.6) is 0 Å². The molecule has 1 aliphatic heterocycles. The minimum atomic E-state index is -4.47. The van der Waals surface area contributed by atoms with Crippen molar-refractivity contribution in [1.82, 2.24) is 30.2 Å². The number of hydrogen-bond acceptors (Lipinski definition) is 6. The number of carbonyl (C=O) groups excluding carboxylic acids is 1. The van der Waals surface area contributed by atoms with Gasteiger partial charge in [0.2, 0.25) is 5.91 Å². The van der Waals surface area contributed by atoms with Gasteiger partial charge in [-0.2, -0.15) is 13.2 Å². The zero-order valence-corrected chi connectivity index (χ0v) is 14.1. The van der Waals surface area contributed by atoms with Crippen LogP contribution in [0.3, 0.4) is 0 Å². The van der Waals surface area contributed by atoms with Crippen LogP contribution in [-0.2, 0) is 11.2 Å². The van der Waals surface area contributed by atoms with Gasteiger partial charge in [-0.15, -0.1) is 0 Å². The molecule has 27 heavy (non-hydrogen) atoms. The van der Waals surface area contributed by atoms with Crippen molar-refractivity contribution >= 4 is 22.8 Å². The van der Waals surface area contributed by atoms with Crippen molar-refractivity contribution in [3.8, 4) is 11.4 Å². The second-order valence-corrected chi connectivity index (χ2v) is 6.49. The fraction of sp³-hybridized carbons (Fsp3) is 0.312. The first-order valence-corrected chi connectivity index (χ1v) is 8.02. The predicted octanol–water partition coefficient (Wildman–Crippen LogP) is 1.82. The third-order valence-electron chi connectivity index (χ3n) is 4.35. The summed E-state index contributed by atoms with van der Waals surface area (Å²) in [6.07, 6.45) is 2.03. The predicted molar refractivity (Wildman–Crippen MR) is 89.7 cm³/mol. The van der Waals surface area contributed by atoms with Gasteiger partial charge in [-0.1, -0.05) is 0 Å². The number of alkyl halides is 3. The molecule has 0 bridgehead atoms. The molecule has 0 radical (unpaired) electrons. The molecule has 11 heteroatoms. The molecule has 1 atom stereocenters. The molecule has 0 spiro atoms. The fourth-order valence-corrected chi connectivity index (χ4v) is 3.02. The number of amides is 1. The smallest absolute Gasteiger partial charge is 0.356 e. The standard InChI is InChI=1S/C16H14F3N7O/c1-15(14(27)23-6-16(17,18)19)2-8-3-21-13(25-11(8)26-15)10-5-22-12-9(10)4-20-7-24-12/h3-5,7H,2,6H2,1H3,(H,23,27)(H,20,22,24)(H,21,25,26). The van der Waals surface area contributed by atoms with Crippen LogP contribution < -0.4 is 10.6 Å². The molecule has 0 fully saturated rings. The second kappa shape index (κ2) is 5.89. The van der Waals surface area contributed by atoms with Crippen LogP contribution in [0.2, 0.25) is 0 Å². The number of carbonyl (C=O) groups is 1. The van der Waals surface area contributed by atoms with Crippen LogP contribution in [0, 0.1) is 0 Å². The molecule has 4 rings (SSSR count). The number of halogens is 3. The molecule has 4 heterocycles. The summed E-state index contributed by atoms with van der Waals surface area (Å²) < 4.78 is 37.1. The first-order valence-electron chi connectivity index (χ1n) is 8.02. The van der Waals surface area contributed by atoms with E-state index in [9.17, 15) is 18.0 Å². The Bertz CT molecular complexity index is 1030. The number of fused-ring (bicyclic) bond motifs is 2. The number of nitrogens with one attached hydrogen (secondary N) is 3. The van der Waals surface area contributed by atoms with Crippen LogP contribution in [0.25, 0.3) is 22.4 Å². The minimum absolute atomic E-state index is 0.184. The highest BCUT2D eigenvalue weighted by atomic mass is 19.4. The molecule has 3 aromatic rings. The van der Waals surface area contributed by atoms with Gasteiger partial charge in [0.1, 0.15) is 29.9 Å². The summed E-state index contributed by atoms with van der Waals surface area (Å²) in [4.78, 5) is 32.1. The second-order valence-electron chi connectivity index (χ2n) is 6.49. The number of rotatable bonds is 3. The van der Waals surface area contributed by atoms with Crippen molar-refractivity contribution in [2.75, 3.05) is 11.9 Å². The van der Waals surface area contributed by atoms with Gasteiger partial charge in [0.05, 0.1) is 0 Å². The molecule has 0 saturated heterocycles. The van der Waals surface area contributed by atoms with E-state index in [1.54, 1.807) is 18.6 Å². The number of aromatic nitrogens is 5. The molecule has 0 saturated carbocycles. The SMILES string of the molecule is CC1(C(=O)NCC(F)(F)F)Cc2cnc(-c3c[nH]c4ncncc34)nc2N1. The summed E-state index contributed by atoms with van der Waals surface area (Å²) in [6, 6.07) is 0. The van der Waals surface area contributed by atoms with Crippen LogP contribution in [0.1, 0.15) is 12.5 Å². The third-order valence-corrected chi connectivity index (χ3v) is 4.35. The van der Waals surface area contributed by atoms with Crippen LogP contribution >= 0.6 is 0 Å². The fourth-order valence-electron chi connectivity index (χ4n) is 3.02. The Morgan fingerprint density at radius 3 is 2.93 bits per heavy atom. The van der Waals surface area contributed by atoms with Gasteiger partial charge in [-0.05, 0) is 6.92 Å². The van der Waals surface area contributed by atoms with Crippen molar-refractivity contribution in [3.05, 3.63) is 30.5 Å². The minimum Gasteiger partial charge on any atom is -0.356 e. The molecule has 1 amide bonds. The maximum Gasteiger partial charge on any atom is 0.405 e. The lowest BCUT2D eigenvalue weighted by Crippen LogP contribution is -2.51. The average Bonchev–Trinajstić information content (AvgIpc) is 3.19. The van der Waals surface area contributed by atoms with E-state index in [2.05, 4.69) is 30.2 Å². The van der Waals surface area contributed by atoms with Crippen molar-refractivity contribution in [2.45, 2.75) is 25.1 Å². The first kappa shape index (κ1) is 17.2. The Kier molecular flexibility index (Phi) is 3.75. The van der Waals surface area contributed by atoms with Gasteiger partial charge in [-0.25, -0.2) is 19.9 Å². The Hall–Kier alpha value is -3.24. The molecule has 3 aromatic heterocycles. The highest BCUT2D eigenvalue weighted by Gasteiger charge is 2.41. The lowest BCUT2D eigenvalue weighted by atomic mass is 9.97. The van der Waals surface area contributed by atoms with Gasteiger partial charge in [-0.3, -0.25) is 4.79 Å². The van der Waals surface area contributed by atoms with E-state index in [-0.39, 0.29) is 6.42 Å². The Morgan fingerprint density at radius 1 is 1.33 bits per heavy atom. The topological polar surface area (TPSA) is 108 Å². The summed E-state index contributed by atoms with van der Waals surface area (Å²) in [5, 5.41) is 5.57. The van der Waals surface area contributed by atoms with Crippen molar-refractivity contribution in [3.63, 3.8) is 0 Å². The quantitative estimate of drug-likeness (QED) is 0.643. The summed E-state index contributed by atoms with van der Waals surface area (Å²) in [5.41, 5.74) is 0.739. The monoisotopic (exact) mass is 377 g/mol. The van der Waals surface area contributed by atoms with E-state index in [0.29, 0.717) is 28.4 Å². The highest BCUT2D eigenvalue weighted by molar-refractivity contribution is 5.93. The van der Waals surface area contributed by atoms with E-state index in [1.807, 2.05) is 5.32 Å². The number of anilines is 1. The molecule has 1 aliphatic rings. The number of H-pyrrole nitrogens is 1. The van der Waals surface area contributed by atoms with Gasteiger partial charge >= 0.3 is 6.18 Å². The first-order chi connectivity index (χ1) is 12.8. The Labute approximate surface area is 150 Å². The van der Waals surface area contributed by atoms with Crippen molar-refractivity contribution in [1.29, 1.82) is 0 Å². The van der Waals surface area contributed by atoms with E-state index in [1.165, 1.54) is 13.3 Å². The molecule has 1 unspecified atom stereocenters. The summed E-state index contributed by atoms with van der Waals surface area (Å²) >= 11 is 0. The van der Waals surface area contributed by atoms with Crippen LogP contribution in [-0.4, -0.2) is 49.1 Å². The molecular formula is C16H14F3N7O. The summed E-state index contributed by atoms with van der Waals surface area (Å²) in [6.45, 7) is 0.144. The lowest BCUT2D eigenvalue weighted by molar-refractivity contribution is -0.140. The zero-order valence-electron chi connectivity index (χ0n) is 14.1. The van der Waals surface area contributed by atoms with E-state index in [0.717, 1.165) is 5.39 Å². The van der Waals surface area contributed by atoms with Gasteiger partial charge in [0.15, 0.2) is 5.82 Å². The van der Waals surface area contributed by atoms with Crippen molar-refractivity contribution in [2.24, 2.45) is 0 Å². The summed E-state index contributed by atoms with van der Waals surface area (Å²) in [7, 11) is 0. The maximum absolute atomic E-state index is 12.4. The Balaban J connectivity index is 1.59. The zero-order chi connectivity index (χ0) is 19.2. The number of nitrogens with zero attached hydrogens (tertiary/aromatic N) is 4. The number of hydrogen-bond donors (Lipinski definition) is 3. The van der Waals surface area contributed by atoms with E-state index in [4.69, 9.17) is 0 Å². The molecule has 0 aliphatic carbocycles. The molecule has 3 N–H and O–H groups in total. The van der Waals surface area contributed by atoms with Gasteiger partial charge in [0, 0.05) is 41.5 Å². The number of aromatic amines is 1. The van der Waals surface area contributed by atoms with Crippen LogP contribution in [0.15, 0.2) is 24.9 Å². The maximum atomic E-state index is 12.4. The lowest BCUT2D eigenvalue weighted by Gasteiger charge is -2.23. The molecule has 8 nitrogen and oxygen atoms in total. The van der Waals surface area contributed by atoms with Crippen molar-refractivity contribution < 1.29 is 18.0 Å². The molecule has 0 aromatic carbocycles. The Morgan fingerprint density at radius 2 is 2.15 bits per heavy atom. The third kappa shape index (κ3) is 3.15. The van der Waals surface area contributed by atoms with E-state index >= 15 is 0 Å². The van der Waals surface area contributed by atoms with Gasteiger partial charge < -0.3 is 15.6 Å². The molecular weight excluding hydrogens is 363 g/mol. The average molecular weight is 377 g/mol.